The molecule has 0 atom stereocenters. The Morgan fingerprint density at radius 1 is 0.480 bits per heavy atom. The minimum absolute atomic E-state index is 0.552. The highest BCUT2D eigenvalue weighted by atomic mass is 15.0. The Labute approximate surface area is 288 Å². The fourth-order valence-electron chi connectivity index (χ4n) is 7.37. The second-order valence-electron chi connectivity index (χ2n) is 12.3. The molecule has 0 amide bonds. The van der Waals surface area contributed by atoms with Crippen LogP contribution in [0, 0.1) is 24.5 Å². The van der Waals surface area contributed by atoms with Crippen molar-refractivity contribution < 1.29 is 0 Å². The average Bonchev–Trinajstić information content (AvgIpc) is 3.69. The molecule has 0 radical (unpaired) electrons. The van der Waals surface area contributed by atoms with Gasteiger partial charge in [0, 0.05) is 38.3 Å². The molecule has 0 unspecified atom stereocenters. The van der Waals surface area contributed by atoms with Gasteiger partial charge in [0.1, 0.15) is 0 Å². The van der Waals surface area contributed by atoms with Crippen LogP contribution in [-0.2, 0) is 0 Å². The van der Waals surface area contributed by atoms with Crippen LogP contribution in [-0.4, -0.2) is 9.13 Å². The molecule has 5 nitrogen and oxygen atoms in total. The molecule has 0 bridgehead atoms. The van der Waals surface area contributed by atoms with Gasteiger partial charge in [0.15, 0.2) is 11.4 Å². The number of benzene rings is 7. The number of para-hydroxylation sites is 3. The van der Waals surface area contributed by atoms with Crippen molar-refractivity contribution in [1.82, 2.24) is 9.13 Å². The summed E-state index contributed by atoms with van der Waals surface area (Å²) in [5, 5.41) is 14.0. The highest BCUT2D eigenvalue weighted by molar-refractivity contribution is 6.11. The molecule has 0 saturated carbocycles. The van der Waals surface area contributed by atoms with Crippen molar-refractivity contribution in [2.45, 2.75) is 0 Å². The van der Waals surface area contributed by atoms with Crippen LogP contribution in [0.25, 0.3) is 86.9 Å². The summed E-state index contributed by atoms with van der Waals surface area (Å²) in [7, 11) is 0. The maximum atomic E-state index is 9.67. The first-order valence-corrected chi connectivity index (χ1v) is 16.2. The zero-order chi connectivity index (χ0) is 33.8. The molecule has 2 aromatic heterocycles. The Morgan fingerprint density at radius 3 is 1.90 bits per heavy atom. The third-order valence-electron chi connectivity index (χ3n) is 9.58. The van der Waals surface area contributed by atoms with Gasteiger partial charge in [-0.3, -0.25) is 0 Å². The van der Waals surface area contributed by atoms with E-state index < -0.39 is 0 Å². The van der Waals surface area contributed by atoms with Gasteiger partial charge in [-0.05, 0) is 77.4 Å². The van der Waals surface area contributed by atoms with E-state index >= 15 is 0 Å². The van der Waals surface area contributed by atoms with E-state index in [1.807, 2.05) is 66.7 Å². The normalized spacial score (nSPS) is 11.1. The largest absolute Gasteiger partial charge is 0.310 e. The van der Waals surface area contributed by atoms with Crippen molar-refractivity contribution in [1.29, 1.82) is 5.26 Å². The lowest BCUT2D eigenvalue weighted by Gasteiger charge is -2.16. The summed E-state index contributed by atoms with van der Waals surface area (Å²) in [4.78, 5) is 7.66. The first kappa shape index (κ1) is 28.8. The Balaban J connectivity index is 1.24. The maximum absolute atomic E-state index is 9.67. The summed E-state index contributed by atoms with van der Waals surface area (Å²) in [6.07, 6.45) is 0. The van der Waals surface area contributed by atoms with Gasteiger partial charge < -0.3 is 9.13 Å². The second kappa shape index (κ2) is 11.4. The first-order valence-electron chi connectivity index (χ1n) is 16.2. The van der Waals surface area contributed by atoms with Gasteiger partial charge in [-0.25, -0.2) is 9.69 Å². The molecule has 2 heterocycles. The van der Waals surface area contributed by atoms with Gasteiger partial charge >= 0.3 is 0 Å². The zero-order valence-electron chi connectivity index (χ0n) is 26.7. The van der Waals surface area contributed by atoms with Gasteiger partial charge in [0.25, 0.3) is 0 Å². The number of aromatic nitrogens is 2. The van der Waals surface area contributed by atoms with E-state index in [0.29, 0.717) is 16.9 Å². The van der Waals surface area contributed by atoms with E-state index in [0.717, 1.165) is 66.5 Å². The van der Waals surface area contributed by atoms with Crippen molar-refractivity contribution in [3.05, 3.63) is 180 Å². The van der Waals surface area contributed by atoms with Gasteiger partial charge in [0.2, 0.25) is 0 Å². The van der Waals surface area contributed by atoms with Crippen LogP contribution in [0.3, 0.4) is 0 Å². The third-order valence-corrected chi connectivity index (χ3v) is 9.58. The van der Waals surface area contributed by atoms with Crippen LogP contribution in [0.2, 0.25) is 0 Å². The van der Waals surface area contributed by atoms with Gasteiger partial charge in [-0.1, -0.05) is 91.0 Å². The topological polar surface area (TPSA) is 42.4 Å². The lowest BCUT2D eigenvalue weighted by molar-refractivity contribution is 1.18. The van der Waals surface area contributed by atoms with E-state index in [4.69, 9.17) is 13.1 Å². The molecule has 0 fully saturated rings. The highest BCUT2D eigenvalue weighted by Gasteiger charge is 2.18. The van der Waals surface area contributed by atoms with Crippen LogP contribution >= 0.6 is 0 Å². The summed E-state index contributed by atoms with van der Waals surface area (Å²) in [6.45, 7) is 15.8. The quantitative estimate of drug-likeness (QED) is 0.177. The van der Waals surface area contributed by atoms with Crippen LogP contribution in [0.5, 0.6) is 0 Å². The van der Waals surface area contributed by atoms with Crippen molar-refractivity contribution in [3.63, 3.8) is 0 Å². The van der Waals surface area contributed by atoms with Crippen LogP contribution in [0.1, 0.15) is 5.56 Å². The van der Waals surface area contributed by atoms with Crippen molar-refractivity contribution >= 4 is 55.0 Å². The first-order chi connectivity index (χ1) is 24.7. The summed E-state index contributed by atoms with van der Waals surface area (Å²) < 4.78 is 4.47. The molecule has 0 spiro atoms. The minimum Gasteiger partial charge on any atom is -0.310 e. The number of fused-ring (bicyclic) bond motifs is 6. The fourth-order valence-corrected chi connectivity index (χ4v) is 7.37. The zero-order valence-corrected chi connectivity index (χ0v) is 26.7. The second-order valence-corrected chi connectivity index (χ2v) is 12.3. The molecule has 5 heteroatoms. The molecule has 230 valence electrons. The maximum Gasteiger partial charge on any atom is 0.195 e. The van der Waals surface area contributed by atoms with Crippen molar-refractivity contribution in [2.75, 3.05) is 0 Å². The van der Waals surface area contributed by atoms with E-state index in [9.17, 15) is 5.26 Å². The van der Waals surface area contributed by atoms with Gasteiger partial charge in [-0.15, -0.1) is 0 Å². The molecule has 7 aromatic carbocycles. The number of nitrogens with zero attached hydrogens (tertiary/aromatic N) is 5. The number of hydrogen-bond acceptors (Lipinski definition) is 1. The standard InChI is InChI=1S/C45H25N5/c1-47-32-19-21-37-39-24-29(28-46)18-23-44(39)50(45(37)26-32)41-15-6-3-12-34(41)30-10-9-11-31(25-30)38-27-33(20-22-40(38)48-2)49-42-16-7-4-13-35(42)36-14-5-8-17-43(36)49/h3-27H. The Morgan fingerprint density at radius 2 is 1.16 bits per heavy atom. The summed E-state index contributed by atoms with van der Waals surface area (Å²) >= 11 is 0. The molecule has 0 aliphatic rings. The van der Waals surface area contributed by atoms with Crippen LogP contribution < -0.4 is 0 Å². The highest BCUT2D eigenvalue weighted by Crippen LogP contribution is 2.41. The minimum atomic E-state index is 0.552. The van der Waals surface area contributed by atoms with Crippen molar-refractivity contribution in [3.8, 4) is 39.7 Å². The van der Waals surface area contributed by atoms with Gasteiger partial charge in [-0.2, -0.15) is 5.26 Å². The molecular weight excluding hydrogens is 611 g/mol. The molecule has 9 rings (SSSR count). The van der Waals surface area contributed by atoms with Gasteiger partial charge in [0.05, 0.1) is 47.0 Å². The van der Waals surface area contributed by atoms with E-state index in [-0.39, 0.29) is 0 Å². The average molecular weight is 636 g/mol. The molecule has 0 saturated heterocycles. The summed E-state index contributed by atoms with van der Waals surface area (Å²) in [5.74, 6) is 0. The lowest BCUT2D eigenvalue weighted by atomic mass is 9.96. The summed E-state index contributed by atoms with van der Waals surface area (Å²) in [5.41, 5.74) is 11.6. The number of hydrogen-bond donors (Lipinski definition) is 0. The molecule has 0 aliphatic heterocycles. The fraction of sp³-hybridized carbons (Fsp3) is 0. The molecule has 50 heavy (non-hydrogen) atoms. The number of nitriles is 1. The monoisotopic (exact) mass is 635 g/mol. The predicted molar refractivity (Wildman–Crippen MR) is 203 cm³/mol. The number of rotatable bonds is 4. The smallest absolute Gasteiger partial charge is 0.195 e. The van der Waals surface area contributed by atoms with E-state index in [2.05, 4.69) is 110 Å². The molecule has 0 aliphatic carbocycles. The van der Waals surface area contributed by atoms with Crippen molar-refractivity contribution in [2.24, 2.45) is 0 Å². The third kappa shape index (κ3) is 4.38. The van der Waals surface area contributed by atoms with Crippen LogP contribution in [0.4, 0.5) is 11.4 Å². The van der Waals surface area contributed by atoms with E-state index in [1.54, 1.807) is 0 Å². The Bertz CT molecular complexity index is 2920. The van der Waals surface area contributed by atoms with Crippen LogP contribution in [0.15, 0.2) is 152 Å². The SMILES string of the molecule is [C-]#[N+]c1ccc2c3cc(C#N)ccc3n(-c3ccccc3-c3cccc(-c4cc(-n5c6ccccc6c6ccccc65)ccc4[N+]#[C-])c3)c2c1. The Hall–Kier alpha value is -7.39. The molecule has 0 N–H and O–H groups in total. The molecular formula is C45H25N5. The summed E-state index contributed by atoms with van der Waals surface area (Å²) in [6, 6.07) is 53.3. The lowest BCUT2D eigenvalue weighted by Crippen LogP contribution is -1.97. The molecule has 9 aromatic rings. The Kier molecular flexibility index (Phi) is 6.56. The predicted octanol–water partition coefficient (Wildman–Crippen LogP) is 12.2. The van der Waals surface area contributed by atoms with E-state index in [1.165, 1.54) is 10.8 Å².